The molecule has 172 valence electrons. The van der Waals surface area contributed by atoms with Crippen molar-refractivity contribution in [3.8, 4) is 11.5 Å². The fourth-order valence-corrected chi connectivity index (χ4v) is 3.11. The Morgan fingerprint density at radius 2 is 0.818 bits per heavy atom. The summed E-state index contributed by atoms with van der Waals surface area (Å²) in [6, 6.07) is 32.2. The highest BCUT2D eigenvalue weighted by atomic mass is 16.5. The molecule has 6 N–H and O–H groups in total. The highest BCUT2D eigenvalue weighted by molar-refractivity contribution is 5.44. The predicted molar refractivity (Wildman–Crippen MR) is 142 cm³/mol. The summed E-state index contributed by atoms with van der Waals surface area (Å²) in [7, 11) is 1.50. The van der Waals surface area contributed by atoms with E-state index in [1.807, 2.05) is 67.6 Å². The maximum Gasteiger partial charge on any atom is 0.127 e. The first-order chi connectivity index (χ1) is 15.9. The van der Waals surface area contributed by atoms with Crippen molar-refractivity contribution in [2.45, 2.75) is 26.7 Å². The van der Waals surface area contributed by atoms with Crippen LogP contribution in [0.25, 0.3) is 0 Å². The summed E-state index contributed by atoms with van der Waals surface area (Å²) < 4.78 is 5.83. The molecule has 0 spiro atoms. The van der Waals surface area contributed by atoms with Crippen LogP contribution in [0.2, 0.25) is 0 Å². The molecule has 0 aliphatic rings. The molecule has 4 aromatic rings. The zero-order valence-electron chi connectivity index (χ0n) is 20.0. The van der Waals surface area contributed by atoms with Crippen LogP contribution >= 0.6 is 0 Å². The van der Waals surface area contributed by atoms with Crippen LogP contribution in [-0.2, 0) is 0 Å². The summed E-state index contributed by atoms with van der Waals surface area (Å²) in [5, 5.41) is 0. The molecule has 0 fully saturated rings. The van der Waals surface area contributed by atoms with E-state index >= 15 is 0 Å². The zero-order chi connectivity index (χ0) is 24.2. The van der Waals surface area contributed by atoms with Crippen LogP contribution in [-0.4, -0.2) is 7.05 Å². The highest BCUT2D eigenvalue weighted by Gasteiger charge is 2.08. The molecule has 4 heteroatoms. The van der Waals surface area contributed by atoms with E-state index in [4.69, 9.17) is 16.2 Å². The van der Waals surface area contributed by atoms with Gasteiger partial charge in [0.25, 0.3) is 0 Å². The van der Waals surface area contributed by atoms with Crippen molar-refractivity contribution in [1.82, 2.24) is 0 Å². The molecule has 0 saturated heterocycles. The van der Waals surface area contributed by atoms with Crippen molar-refractivity contribution < 1.29 is 4.74 Å². The SMILES string of the molecule is CN.Cc1ccc(C(C)c2ccc(Oc3ccc(N)cc3)cc2)cc1.Cc1ccc(N)cc1. The zero-order valence-corrected chi connectivity index (χ0v) is 20.0. The number of anilines is 2. The van der Waals surface area contributed by atoms with Gasteiger partial charge in [0.15, 0.2) is 0 Å². The maximum absolute atomic E-state index is 5.83. The van der Waals surface area contributed by atoms with Gasteiger partial charge in [0, 0.05) is 17.3 Å². The first kappa shape index (κ1) is 25.5. The Morgan fingerprint density at radius 3 is 1.21 bits per heavy atom. The second kappa shape index (κ2) is 12.9. The van der Waals surface area contributed by atoms with Gasteiger partial charge in [-0.1, -0.05) is 66.6 Å². The molecule has 0 saturated carbocycles. The normalized spacial score (nSPS) is 10.7. The van der Waals surface area contributed by atoms with Gasteiger partial charge >= 0.3 is 0 Å². The average Bonchev–Trinajstić information content (AvgIpc) is 2.85. The van der Waals surface area contributed by atoms with Crippen LogP contribution in [0, 0.1) is 13.8 Å². The Hall–Kier alpha value is -3.76. The number of aryl methyl sites for hydroxylation is 2. The van der Waals surface area contributed by atoms with Gasteiger partial charge in [-0.3, -0.25) is 0 Å². The van der Waals surface area contributed by atoms with Crippen molar-refractivity contribution >= 4 is 11.4 Å². The summed E-state index contributed by atoms with van der Waals surface area (Å²) in [6.07, 6.45) is 0. The third-order valence-corrected chi connectivity index (χ3v) is 5.15. The largest absolute Gasteiger partial charge is 0.457 e. The standard InChI is InChI=1S/C21H21NO.C7H9N.CH5N/c1-15-3-5-17(6-4-15)16(2)18-7-11-20(12-8-18)23-21-13-9-19(22)10-14-21;1-6-2-4-7(8)5-3-6;1-2/h3-14,16H,22H2,1-2H3;2-5H,8H2,1H3;2H2,1H3. The molecule has 1 unspecified atom stereocenters. The Morgan fingerprint density at radius 1 is 0.515 bits per heavy atom. The Kier molecular flexibility index (Phi) is 10.00. The minimum atomic E-state index is 0.362. The Labute approximate surface area is 198 Å². The van der Waals surface area contributed by atoms with Crippen LogP contribution < -0.4 is 21.9 Å². The van der Waals surface area contributed by atoms with Crippen molar-refractivity contribution in [1.29, 1.82) is 0 Å². The lowest BCUT2D eigenvalue weighted by molar-refractivity contribution is 0.482. The molecule has 0 aliphatic carbocycles. The summed E-state index contributed by atoms with van der Waals surface area (Å²) in [6.45, 7) is 6.37. The quantitative estimate of drug-likeness (QED) is 0.308. The molecule has 0 aliphatic heterocycles. The smallest absolute Gasteiger partial charge is 0.127 e. The Bertz CT molecular complexity index is 1050. The van der Waals surface area contributed by atoms with Crippen LogP contribution in [0.5, 0.6) is 11.5 Å². The monoisotopic (exact) mass is 441 g/mol. The lowest BCUT2D eigenvalue weighted by atomic mass is 9.93. The first-order valence-electron chi connectivity index (χ1n) is 11.0. The molecule has 0 bridgehead atoms. The van der Waals surface area contributed by atoms with E-state index in [1.165, 1.54) is 29.3 Å². The lowest BCUT2D eigenvalue weighted by Crippen LogP contribution is -1.96. The number of hydrogen-bond acceptors (Lipinski definition) is 4. The fourth-order valence-electron chi connectivity index (χ4n) is 3.11. The minimum Gasteiger partial charge on any atom is -0.457 e. The number of ether oxygens (including phenoxy) is 1. The number of hydrogen-bond donors (Lipinski definition) is 3. The van der Waals surface area contributed by atoms with Crippen LogP contribution in [0.4, 0.5) is 11.4 Å². The lowest BCUT2D eigenvalue weighted by Gasteiger charge is -2.14. The van der Waals surface area contributed by atoms with Crippen molar-refractivity contribution in [3.63, 3.8) is 0 Å². The summed E-state index contributed by atoms with van der Waals surface area (Å²) in [4.78, 5) is 0. The molecule has 0 amide bonds. The molecule has 1 atom stereocenters. The van der Waals surface area contributed by atoms with Crippen molar-refractivity contribution in [2.24, 2.45) is 5.73 Å². The van der Waals surface area contributed by atoms with Gasteiger partial charge in [-0.2, -0.15) is 0 Å². The molecule has 4 aromatic carbocycles. The number of nitrogens with two attached hydrogens (primary N) is 3. The van der Waals surface area contributed by atoms with Gasteiger partial charge in [-0.05, 0) is 80.6 Å². The van der Waals surface area contributed by atoms with Gasteiger partial charge in [-0.25, -0.2) is 0 Å². The highest BCUT2D eigenvalue weighted by Crippen LogP contribution is 2.28. The van der Waals surface area contributed by atoms with Crippen LogP contribution in [0.15, 0.2) is 97.1 Å². The first-order valence-corrected chi connectivity index (χ1v) is 11.0. The van der Waals surface area contributed by atoms with Gasteiger partial charge in [0.1, 0.15) is 11.5 Å². The van der Waals surface area contributed by atoms with E-state index < -0.39 is 0 Å². The minimum absolute atomic E-state index is 0.362. The van der Waals surface area contributed by atoms with Crippen molar-refractivity contribution in [3.05, 3.63) is 119 Å². The van der Waals surface area contributed by atoms with E-state index in [-0.39, 0.29) is 0 Å². The van der Waals surface area contributed by atoms with E-state index in [0.717, 1.165) is 22.9 Å². The summed E-state index contributed by atoms with van der Waals surface area (Å²) in [5.74, 6) is 1.98. The van der Waals surface area contributed by atoms with Crippen LogP contribution in [0.1, 0.15) is 35.1 Å². The van der Waals surface area contributed by atoms with Gasteiger partial charge in [-0.15, -0.1) is 0 Å². The van der Waals surface area contributed by atoms with E-state index in [1.54, 1.807) is 0 Å². The molecule has 4 rings (SSSR count). The molecule has 0 radical (unpaired) electrons. The Balaban J connectivity index is 0.000000323. The molecular weight excluding hydrogens is 406 g/mol. The predicted octanol–water partition coefficient (Wildman–Crippen LogP) is 6.67. The molecule has 33 heavy (non-hydrogen) atoms. The third-order valence-electron chi connectivity index (χ3n) is 5.15. The van der Waals surface area contributed by atoms with E-state index in [2.05, 4.69) is 56.0 Å². The third kappa shape index (κ3) is 8.36. The van der Waals surface area contributed by atoms with Gasteiger partial charge in [0.05, 0.1) is 0 Å². The molecule has 0 heterocycles. The number of rotatable bonds is 4. The second-order valence-electron chi connectivity index (χ2n) is 7.78. The van der Waals surface area contributed by atoms with Crippen LogP contribution in [0.3, 0.4) is 0 Å². The molecule has 0 aromatic heterocycles. The number of benzene rings is 4. The fraction of sp³-hybridized carbons (Fsp3) is 0.172. The summed E-state index contributed by atoms with van der Waals surface area (Å²) >= 11 is 0. The van der Waals surface area contributed by atoms with Gasteiger partial charge < -0.3 is 21.9 Å². The van der Waals surface area contributed by atoms with Gasteiger partial charge in [0.2, 0.25) is 0 Å². The molecule has 4 nitrogen and oxygen atoms in total. The van der Waals surface area contributed by atoms with E-state index in [0.29, 0.717) is 5.92 Å². The maximum atomic E-state index is 5.83. The van der Waals surface area contributed by atoms with Crippen molar-refractivity contribution in [2.75, 3.05) is 18.5 Å². The molecular formula is C29H35N3O. The average molecular weight is 442 g/mol. The number of nitrogen functional groups attached to an aromatic ring is 2. The summed E-state index contributed by atoms with van der Waals surface area (Å²) in [5.41, 5.74) is 22.3. The topological polar surface area (TPSA) is 87.3 Å². The second-order valence-corrected chi connectivity index (χ2v) is 7.78. The van der Waals surface area contributed by atoms with E-state index in [9.17, 15) is 0 Å².